The van der Waals surface area contributed by atoms with E-state index in [-0.39, 0.29) is 17.0 Å². The summed E-state index contributed by atoms with van der Waals surface area (Å²) in [6.45, 7) is 3.53. The summed E-state index contributed by atoms with van der Waals surface area (Å²) in [5.74, 6) is -1.50. The van der Waals surface area contributed by atoms with E-state index in [0.717, 1.165) is 9.56 Å². The number of carbonyl (C=O) groups is 2. The second kappa shape index (κ2) is 8.62. The second-order valence-corrected chi connectivity index (χ2v) is 7.72. The van der Waals surface area contributed by atoms with E-state index in [0.29, 0.717) is 11.3 Å². The Hall–Kier alpha value is -3.27. The number of aryl methyl sites for hydroxylation is 2. The number of carbonyl (C=O) groups excluding carboxylic acids is 1. The molecule has 30 heavy (non-hydrogen) atoms. The van der Waals surface area contributed by atoms with Crippen LogP contribution in [0.4, 0.5) is 8.78 Å². The van der Waals surface area contributed by atoms with Crippen LogP contribution in [0, 0.1) is 6.92 Å². The first kappa shape index (κ1) is 21.4. The fourth-order valence-electron chi connectivity index (χ4n) is 2.86. The lowest BCUT2D eigenvalue weighted by Gasteiger charge is -2.15. The van der Waals surface area contributed by atoms with E-state index in [4.69, 9.17) is 9.84 Å². The van der Waals surface area contributed by atoms with Crippen molar-refractivity contribution in [1.82, 2.24) is 15.1 Å². The molecule has 2 N–H and O–H groups in total. The number of aromatic carboxylic acids is 1. The van der Waals surface area contributed by atoms with Crippen LogP contribution >= 0.6 is 11.3 Å². The average molecular weight is 435 g/mol. The number of rotatable bonds is 7. The molecule has 3 rings (SSSR count). The standard InChI is InChI=1S/C20H19F2N3O4S/c1-10-8-14(9-30-10)29-19-15(16(17(21)22)24-25(19)3)18(26)23-11(2)12-4-6-13(7-5-12)20(27)28/h4-9,11,17H,1-3H3,(H,23,26)(H,27,28)/t11-/m0/s1. The van der Waals surface area contributed by atoms with Gasteiger partial charge in [0.25, 0.3) is 12.3 Å². The van der Waals surface area contributed by atoms with Gasteiger partial charge in [-0.2, -0.15) is 5.10 Å². The van der Waals surface area contributed by atoms with E-state index in [9.17, 15) is 18.4 Å². The number of thiophene rings is 1. The van der Waals surface area contributed by atoms with Crippen LogP contribution in [0.3, 0.4) is 0 Å². The molecule has 0 radical (unpaired) electrons. The van der Waals surface area contributed by atoms with Crippen LogP contribution in [0.2, 0.25) is 0 Å². The van der Waals surface area contributed by atoms with Crippen molar-refractivity contribution in [3.05, 3.63) is 63.0 Å². The monoisotopic (exact) mass is 435 g/mol. The fourth-order valence-corrected chi connectivity index (χ4v) is 3.47. The molecular formula is C20H19F2N3O4S. The Morgan fingerprint density at radius 3 is 2.47 bits per heavy atom. The number of benzene rings is 1. The van der Waals surface area contributed by atoms with Crippen LogP contribution in [0.15, 0.2) is 35.7 Å². The van der Waals surface area contributed by atoms with Crippen molar-refractivity contribution in [2.75, 3.05) is 0 Å². The molecule has 0 aliphatic rings. The first-order chi connectivity index (χ1) is 14.2. The number of nitrogens with zero attached hydrogens (tertiary/aromatic N) is 2. The number of ether oxygens (including phenoxy) is 1. The highest BCUT2D eigenvalue weighted by Crippen LogP contribution is 2.34. The number of alkyl halides is 2. The minimum atomic E-state index is -2.97. The van der Waals surface area contributed by atoms with Crippen molar-refractivity contribution in [1.29, 1.82) is 0 Å². The lowest BCUT2D eigenvalue weighted by Crippen LogP contribution is -2.27. The summed E-state index contributed by atoms with van der Waals surface area (Å²) in [4.78, 5) is 24.8. The second-order valence-electron chi connectivity index (χ2n) is 6.61. The third-order valence-corrected chi connectivity index (χ3v) is 5.22. The predicted octanol–water partition coefficient (Wildman–Crippen LogP) is 4.71. The number of amides is 1. The number of hydrogen-bond donors (Lipinski definition) is 2. The van der Waals surface area contributed by atoms with Gasteiger partial charge in [0.2, 0.25) is 5.88 Å². The molecule has 7 nitrogen and oxygen atoms in total. The lowest BCUT2D eigenvalue weighted by atomic mass is 10.1. The molecular weight excluding hydrogens is 416 g/mol. The highest BCUT2D eigenvalue weighted by atomic mass is 32.1. The zero-order valence-electron chi connectivity index (χ0n) is 16.3. The molecule has 0 bridgehead atoms. The summed E-state index contributed by atoms with van der Waals surface area (Å²) >= 11 is 1.42. The Morgan fingerprint density at radius 2 is 1.93 bits per heavy atom. The normalized spacial score (nSPS) is 12.1. The van der Waals surface area contributed by atoms with Crippen LogP contribution in [-0.4, -0.2) is 26.8 Å². The molecule has 1 atom stereocenters. The van der Waals surface area contributed by atoms with Gasteiger partial charge in [-0.15, -0.1) is 11.3 Å². The highest BCUT2D eigenvalue weighted by molar-refractivity contribution is 7.10. The fraction of sp³-hybridized carbons (Fsp3) is 0.250. The molecule has 10 heteroatoms. The Labute approximate surface area is 174 Å². The van der Waals surface area contributed by atoms with Gasteiger partial charge in [0, 0.05) is 17.3 Å². The number of hydrogen-bond acceptors (Lipinski definition) is 5. The molecule has 0 saturated carbocycles. The summed E-state index contributed by atoms with van der Waals surface area (Å²) < 4.78 is 33.9. The molecule has 2 aromatic heterocycles. The minimum Gasteiger partial charge on any atom is -0.478 e. The van der Waals surface area contributed by atoms with Crippen LogP contribution in [-0.2, 0) is 7.05 Å². The number of halogens is 2. The zero-order chi connectivity index (χ0) is 22.0. The summed E-state index contributed by atoms with van der Waals surface area (Å²) in [5.41, 5.74) is -0.297. The number of aromatic nitrogens is 2. The molecule has 3 aromatic rings. The lowest BCUT2D eigenvalue weighted by molar-refractivity contribution is 0.0696. The van der Waals surface area contributed by atoms with E-state index < -0.39 is 30.0 Å². The highest BCUT2D eigenvalue weighted by Gasteiger charge is 2.30. The first-order valence-electron chi connectivity index (χ1n) is 8.89. The van der Waals surface area contributed by atoms with Gasteiger partial charge in [0.05, 0.1) is 11.6 Å². The van der Waals surface area contributed by atoms with E-state index in [2.05, 4.69) is 10.4 Å². The molecule has 2 heterocycles. The SMILES string of the molecule is Cc1cc(Oc2c(C(=O)N[C@@H](C)c3ccc(C(=O)O)cc3)c(C(F)F)nn2C)cs1. The molecule has 0 saturated heterocycles. The summed E-state index contributed by atoms with van der Waals surface area (Å²) in [5, 5.41) is 17.1. The van der Waals surface area contributed by atoms with Crippen molar-refractivity contribution < 1.29 is 28.2 Å². The third-order valence-electron chi connectivity index (χ3n) is 4.38. The van der Waals surface area contributed by atoms with Gasteiger partial charge in [-0.25, -0.2) is 18.3 Å². The van der Waals surface area contributed by atoms with Crippen molar-refractivity contribution in [3.63, 3.8) is 0 Å². The quantitative estimate of drug-likeness (QED) is 0.561. The summed E-state index contributed by atoms with van der Waals surface area (Å²) in [6, 6.07) is 7.08. The van der Waals surface area contributed by atoms with Crippen LogP contribution in [0.5, 0.6) is 11.6 Å². The molecule has 0 aliphatic heterocycles. The molecule has 158 valence electrons. The largest absolute Gasteiger partial charge is 0.478 e. The van der Waals surface area contributed by atoms with Crippen molar-refractivity contribution in [2.45, 2.75) is 26.3 Å². The van der Waals surface area contributed by atoms with E-state index >= 15 is 0 Å². The van der Waals surface area contributed by atoms with Gasteiger partial charge in [-0.05, 0) is 37.6 Å². The minimum absolute atomic E-state index is 0.0889. The van der Waals surface area contributed by atoms with Gasteiger partial charge >= 0.3 is 5.97 Å². The third kappa shape index (κ3) is 4.48. The maximum Gasteiger partial charge on any atom is 0.335 e. The van der Waals surface area contributed by atoms with Crippen LogP contribution in [0.1, 0.15) is 56.2 Å². The first-order valence-corrected chi connectivity index (χ1v) is 9.77. The maximum absolute atomic E-state index is 13.5. The zero-order valence-corrected chi connectivity index (χ0v) is 17.2. The molecule has 0 unspecified atom stereocenters. The molecule has 1 aromatic carbocycles. The summed E-state index contributed by atoms with van der Waals surface area (Å²) in [7, 11) is 1.42. The van der Waals surface area contributed by atoms with E-state index in [1.54, 1.807) is 30.5 Å². The van der Waals surface area contributed by atoms with Gasteiger partial charge < -0.3 is 15.2 Å². The Kier molecular flexibility index (Phi) is 6.16. The smallest absolute Gasteiger partial charge is 0.335 e. The maximum atomic E-state index is 13.5. The van der Waals surface area contributed by atoms with Crippen LogP contribution in [0.25, 0.3) is 0 Å². The number of carboxylic acids is 1. The van der Waals surface area contributed by atoms with Crippen molar-refractivity contribution in [2.24, 2.45) is 7.05 Å². The van der Waals surface area contributed by atoms with Gasteiger partial charge in [-0.1, -0.05) is 12.1 Å². The van der Waals surface area contributed by atoms with Crippen molar-refractivity contribution >= 4 is 23.2 Å². The number of carboxylic acid groups (broad SMARTS) is 1. The molecule has 0 aliphatic carbocycles. The molecule has 1 amide bonds. The van der Waals surface area contributed by atoms with E-state index in [1.807, 2.05) is 6.92 Å². The van der Waals surface area contributed by atoms with Gasteiger partial charge in [-0.3, -0.25) is 4.79 Å². The predicted molar refractivity (Wildman–Crippen MR) is 107 cm³/mol. The molecule has 0 fully saturated rings. The Bertz CT molecular complexity index is 1080. The molecule has 0 spiro atoms. The van der Waals surface area contributed by atoms with Crippen molar-refractivity contribution in [3.8, 4) is 11.6 Å². The van der Waals surface area contributed by atoms with E-state index in [1.165, 1.54) is 30.5 Å². The topological polar surface area (TPSA) is 93.4 Å². The average Bonchev–Trinajstić information content (AvgIpc) is 3.25. The number of nitrogens with one attached hydrogen (secondary N) is 1. The summed E-state index contributed by atoms with van der Waals surface area (Å²) in [6.07, 6.45) is -2.97. The van der Waals surface area contributed by atoms with Gasteiger partial charge in [0.15, 0.2) is 0 Å². The Morgan fingerprint density at radius 1 is 1.27 bits per heavy atom. The van der Waals surface area contributed by atoms with Crippen LogP contribution < -0.4 is 10.1 Å². The Balaban J connectivity index is 1.88. The van der Waals surface area contributed by atoms with Gasteiger partial charge in [0.1, 0.15) is 17.0 Å².